The lowest BCUT2D eigenvalue weighted by atomic mass is 9.91. The molecular weight excluding hydrogens is 265 g/mol. The highest BCUT2D eigenvalue weighted by Gasteiger charge is 2.25. The van der Waals surface area contributed by atoms with E-state index in [1.54, 1.807) is 0 Å². The average molecular weight is 281 g/mol. The Kier molecular flexibility index (Phi) is 4.29. The van der Waals surface area contributed by atoms with Crippen LogP contribution in [0.25, 0.3) is 0 Å². The predicted octanol–water partition coefficient (Wildman–Crippen LogP) is 1.73. The monoisotopic (exact) mass is 281 g/mol. The fourth-order valence-corrected chi connectivity index (χ4v) is 2.38. The zero-order chi connectivity index (χ0) is 14.7. The van der Waals surface area contributed by atoms with Gasteiger partial charge in [-0.25, -0.2) is 4.39 Å². The summed E-state index contributed by atoms with van der Waals surface area (Å²) in [5.74, 6) is -1.29. The molecule has 20 heavy (non-hydrogen) atoms. The summed E-state index contributed by atoms with van der Waals surface area (Å²) in [6.07, 6.45) is 3.07. The molecule has 1 fully saturated rings. The molecule has 0 heterocycles. The number of nitro benzene ring substituents is 1. The number of benzene rings is 1. The van der Waals surface area contributed by atoms with Crippen molar-refractivity contribution in [2.24, 2.45) is 5.73 Å². The minimum absolute atomic E-state index is 0.0647. The highest BCUT2D eigenvalue weighted by atomic mass is 19.1. The lowest BCUT2D eigenvalue weighted by molar-refractivity contribution is -0.385. The van der Waals surface area contributed by atoms with Crippen molar-refractivity contribution in [3.8, 4) is 0 Å². The van der Waals surface area contributed by atoms with E-state index in [1.165, 1.54) is 0 Å². The molecular formula is C13H16FN3O3. The molecule has 1 aromatic rings. The van der Waals surface area contributed by atoms with Crippen LogP contribution >= 0.6 is 0 Å². The van der Waals surface area contributed by atoms with Gasteiger partial charge in [-0.3, -0.25) is 14.9 Å². The molecule has 3 N–H and O–H groups in total. The van der Waals surface area contributed by atoms with Crippen molar-refractivity contribution in [1.29, 1.82) is 0 Å². The Bertz CT molecular complexity index is 528. The number of nitrogens with one attached hydrogen (secondary N) is 1. The van der Waals surface area contributed by atoms with Gasteiger partial charge in [0.25, 0.3) is 11.6 Å². The average Bonchev–Trinajstić information content (AvgIpc) is 2.41. The summed E-state index contributed by atoms with van der Waals surface area (Å²) in [7, 11) is 0. The Hall–Kier alpha value is -2.02. The van der Waals surface area contributed by atoms with Gasteiger partial charge < -0.3 is 11.1 Å². The molecule has 6 nitrogen and oxygen atoms in total. The number of rotatable bonds is 3. The number of nitrogens with zero attached hydrogens (tertiary/aromatic N) is 1. The maximum absolute atomic E-state index is 13.2. The van der Waals surface area contributed by atoms with E-state index >= 15 is 0 Å². The Morgan fingerprint density at radius 2 is 2.00 bits per heavy atom. The minimum atomic E-state index is -0.689. The second kappa shape index (κ2) is 5.96. The van der Waals surface area contributed by atoms with E-state index in [0.29, 0.717) is 0 Å². The number of hydrogen-bond donors (Lipinski definition) is 2. The van der Waals surface area contributed by atoms with Gasteiger partial charge in [-0.05, 0) is 37.8 Å². The van der Waals surface area contributed by atoms with E-state index in [2.05, 4.69) is 5.32 Å². The molecule has 1 aliphatic carbocycles. The third-order valence-electron chi connectivity index (χ3n) is 3.51. The third-order valence-corrected chi connectivity index (χ3v) is 3.51. The van der Waals surface area contributed by atoms with Crippen molar-refractivity contribution in [3.63, 3.8) is 0 Å². The van der Waals surface area contributed by atoms with Gasteiger partial charge in [0.2, 0.25) is 0 Å². The molecule has 108 valence electrons. The first kappa shape index (κ1) is 14.4. The Balaban J connectivity index is 2.12. The second-order valence-electron chi connectivity index (χ2n) is 5.00. The molecule has 1 amide bonds. The van der Waals surface area contributed by atoms with Crippen LogP contribution in [0.3, 0.4) is 0 Å². The second-order valence-corrected chi connectivity index (χ2v) is 5.00. The van der Waals surface area contributed by atoms with Crippen molar-refractivity contribution in [3.05, 3.63) is 39.7 Å². The van der Waals surface area contributed by atoms with E-state index in [-0.39, 0.29) is 17.6 Å². The highest BCUT2D eigenvalue weighted by Crippen LogP contribution is 2.21. The van der Waals surface area contributed by atoms with Gasteiger partial charge in [0.1, 0.15) is 11.4 Å². The zero-order valence-corrected chi connectivity index (χ0v) is 10.8. The first-order valence-electron chi connectivity index (χ1n) is 6.47. The minimum Gasteiger partial charge on any atom is -0.349 e. The molecule has 1 saturated carbocycles. The van der Waals surface area contributed by atoms with E-state index in [0.717, 1.165) is 43.9 Å². The number of hydrogen-bond acceptors (Lipinski definition) is 4. The molecule has 0 radical (unpaired) electrons. The number of carbonyl (C=O) groups excluding carboxylic acids is 1. The topological polar surface area (TPSA) is 98.3 Å². The predicted molar refractivity (Wildman–Crippen MR) is 70.8 cm³/mol. The number of halogens is 1. The first-order chi connectivity index (χ1) is 9.47. The van der Waals surface area contributed by atoms with Crippen molar-refractivity contribution < 1.29 is 14.1 Å². The molecule has 0 saturated heterocycles. The Labute approximate surface area is 115 Å². The first-order valence-corrected chi connectivity index (χ1v) is 6.47. The summed E-state index contributed by atoms with van der Waals surface area (Å²) in [5.41, 5.74) is 5.13. The summed E-state index contributed by atoms with van der Waals surface area (Å²) in [6.45, 7) is 0. The number of nitrogens with two attached hydrogens (primary N) is 1. The van der Waals surface area contributed by atoms with Crippen LogP contribution in [0.2, 0.25) is 0 Å². The van der Waals surface area contributed by atoms with Crippen LogP contribution in [0.15, 0.2) is 18.2 Å². The quantitative estimate of drug-likeness (QED) is 0.651. The molecule has 0 bridgehead atoms. The van der Waals surface area contributed by atoms with E-state index in [1.807, 2.05) is 0 Å². The van der Waals surface area contributed by atoms with Crippen LogP contribution < -0.4 is 11.1 Å². The largest absolute Gasteiger partial charge is 0.349 e. The number of nitro groups is 1. The molecule has 2 rings (SSSR count). The summed E-state index contributed by atoms with van der Waals surface area (Å²) in [5, 5.41) is 13.6. The molecule has 1 aromatic carbocycles. The van der Waals surface area contributed by atoms with Crippen molar-refractivity contribution >= 4 is 11.6 Å². The fourth-order valence-electron chi connectivity index (χ4n) is 2.38. The maximum Gasteiger partial charge on any atom is 0.282 e. The normalized spacial score (nSPS) is 22.3. The van der Waals surface area contributed by atoms with Crippen LogP contribution in [-0.2, 0) is 0 Å². The van der Waals surface area contributed by atoms with Crippen molar-refractivity contribution in [2.75, 3.05) is 0 Å². The summed E-state index contributed by atoms with van der Waals surface area (Å²) in [4.78, 5) is 22.2. The van der Waals surface area contributed by atoms with Gasteiger partial charge in [0, 0.05) is 18.2 Å². The van der Waals surface area contributed by atoms with Crippen LogP contribution in [0.5, 0.6) is 0 Å². The van der Waals surface area contributed by atoms with Crippen molar-refractivity contribution in [1.82, 2.24) is 5.32 Å². The molecule has 0 unspecified atom stereocenters. The number of amides is 1. The summed E-state index contributed by atoms with van der Waals surface area (Å²) in [6, 6.07) is 2.94. The van der Waals surface area contributed by atoms with Crippen LogP contribution in [0.4, 0.5) is 10.1 Å². The van der Waals surface area contributed by atoms with Gasteiger partial charge in [-0.15, -0.1) is 0 Å². The van der Waals surface area contributed by atoms with E-state index < -0.39 is 22.3 Å². The van der Waals surface area contributed by atoms with Crippen LogP contribution in [-0.4, -0.2) is 22.9 Å². The van der Waals surface area contributed by atoms with Gasteiger partial charge >= 0.3 is 0 Å². The van der Waals surface area contributed by atoms with E-state index in [4.69, 9.17) is 5.73 Å². The van der Waals surface area contributed by atoms with Crippen LogP contribution in [0.1, 0.15) is 36.0 Å². The molecule has 0 spiro atoms. The zero-order valence-electron chi connectivity index (χ0n) is 10.8. The lowest BCUT2D eigenvalue weighted by Crippen LogP contribution is -2.40. The third kappa shape index (κ3) is 3.30. The number of carbonyl (C=O) groups is 1. The smallest absolute Gasteiger partial charge is 0.282 e. The van der Waals surface area contributed by atoms with Crippen molar-refractivity contribution in [2.45, 2.75) is 37.8 Å². The molecule has 0 aromatic heterocycles. The fraction of sp³-hybridized carbons (Fsp3) is 0.462. The van der Waals surface area contributed by atoms with E-state index in [9.17, 15) is 19.3 Å². The Morgan fingerprint density at radius 1 is 1.35 bits per heavy atom. The standard InChI is InChI=1S/C13H16FN3O3/c14-8-1-6-12(17(19)20)11(7-8)13(18)16-10-4-2-9(15)3-5-10/h1,6-7,9-10H,2-5,15H2,(H,16,18). The molecule has 0 atom stereocenters. The van der Waals surface area contributed by atoms with Gasteiger partial charge in [0.15, 0.2) is 0 Å². The maximum atomic E-state index is 13.2. The summed E-state index contributed by atoms with van der Waals surface area (Å²) < 4.78 is 13.2. The molecule has 7 heteroatoms. The van der Waals surface area contributed by atoms with Crippen LogP contribution in [0, 0.1) is 15.9 Å². The SMILES string of the molecule is NC1CCC(NC(=O)c2cc(F)ccc2[N+](=O)[O-])CC1. The molecule has 1 aliphatic rings. The summed E-state index contributed by atoms with van der Waals surface area (Å²) >= 11 is 0. The highest BCUT2D eigenvalue weighted by molar-refractivity contribution is 5.98. The molecule has 0 aliphatic heterocycles. The lowest BCUT2D eigenvalue weighted by Gasteiger charge is -2.26. The Morgan fingerprint density at radius 3 is 2.60 bits per heavy atom. The van der Waals surface area contributed by atoms with Gasteiger partial charge in [-0.2, -0.15) is 0 Å². The van der Waals surface area contributed by atoms with Gasteiger partial charge in [0.05, 0.1) is 4.92 Å². The van der Waals surface area contributed by atoms with Gasteiger partial charge in [-0.1, -0.05) is 0 Å².